The highest BCUT2D eigenvalue weighted by Gasteiger charge is 2.00. The molecule has 0 unspecified atom stereocenters. The molecule has 12 heavy (non-hydrogen) atoms. The third-order valence-corrected chi connectivity index (χ3v) is 1.39. The molecule has 0 aliphatic rings. The molecule has 0 aliphatic carbocycles. The van der Waals surface area contributed by atoms with E-state index in [1.807, 2.05) is 0 Å². The zero-order valence-electron chi connectivity index (χ0n) is 6.16. The molecule has 3 heteroatoms. The van der Waals surface area contributed by atoms with Crippen LogP contribution in [-0.2, 0) is 0 Å². The molecule has 0 saturated heterocycles. The maximum absolute atomic E-state index is 12.6. The molecule has 0 bridgehead atoms. The molecule has 2 nitrogen and oxygen atoms in total. The van der Waals surface area contributed by atoms with Gasteiger partial charge in [0.1, 0.15) is 11.9 Å². The molecule has 0 fully saturated rings. The number of aliphatic hydroxyl groups is 1. The van der Waals surface area contributed by atoms with Crippen LogP contribution in [0.5, 0.6) is 0 Å². The van der Waals surface area contributed by atoms with Crippen molar-refractivity contribution in [3.8, 4) is 6.07 Å². The molecule has 0 radical (unpaired) electrons. The van der Waals surface area contributed by atoms with E-state index >= 15 is 0 Å². The van der Waals surface area contributed by atoms with Crippen LogP contribution in [0.15, 0.2) is 30.5 Å². The molecular weight excluding hydrogens is 157 g/mol. The van der Waals surface area contributed by atoms with Gasteiger partial charge in [0.2, 0.25) is 0 Å². The molecule has 1 aromatic carbocycles. The molecule has 1 aromatic rings. The van der Waals surface area contributed by atoms with Crippen LogP contribution < -0.4 is 0 Å². The zero-order chi connectivity index (χ0) is 8.97. The highest BCUT2D eigenvalue weighted by atomic mass is 19.1. The van der Waals surface area contributed by atoms with Crippen LogP contribution >= 0.6 is 0 Å². The second-order valence-electron chi connectivity index (χ2n) is 2.16. The van der Waals surface area contributed by atoms with Crippen molar-refractivity contribution in [1.29, 1.82) is 5.26 Å². The van der Waals surface area contributed by atoms with Crippen LogP contribution in [0.2, 0.25) is 0 Å². The first-order valence-corrected chi connectivity index (χ1v) is 3.28. The lowest BCUT2D eigenvalue weighted by Crippen LogP contribution is -1.82. The van der Waals surface area contributed by atoms with E-state index in [4.69, 9.17) is 10.4 Å². The van der Waals surface area contributed by atoms with Crippen LogP contribution in [0.1, 0.15) is 5.56 Å². The Kier molecular flexibility index (Phi) is 2.44. The molecule has 0 amide bonds. The first-order chi connectivity index (χ1) is 5.77. The lowest BCUT2D eigenvalue weighted by atomic mass is 10.1. The average Bonchev–Trinajstić information content (AvgIpc) is 2.07. The predicted molar refractivity (Wildman–Crippen MR) is 42.6 cm³/mol. The smallest absolute Gasteiger partial charge is 0.123 e. The van der Waals surface area contributed by atoms with E-state index in [1.54, 1.807) is 12.1 Å². The van der Waals surface area contributed by atoms with Crippen molar-refractivity contribution >= 4 is 5.57 Å². The summed E-state index contributed by atoms with van der Waals surface area (Å²) < 4.78 is 12.6. The number of rotatable bonds is 1. The van der Waals surface area contributed by atoms with E-state index in [0.29, 0.717) is 11.8 Å². The van der Waals surface area contributed by atoms with Gasteiger partial charge in [-0.15, -0.1) is 0 Å². The SMILES string of the molecule is N#CC(=CO)c1cccc(F)c1. The maximum Gasteiger partial charge on any atom is 0.123 e. The lowest BCUT2D eigenvalue weighted by Gasteiger charge is -1.95. The first-order valence-electron chi connectivity index (χ1n) is 3.28. The summed E-state index contributed by atoms with van der Waals surface area (Å²) in [6.45, 7) is 0. The Labute approximate surface area is 69.2 Å². The van der Waals surface area contributed by atoms with Crippen molar-refractivity contribution in [2.75, 3.05) is 0 Å². The Morgan fingerprint density at radius 3 is 2.83 bits per heavy atom. The van der Waals surface area contributed by atoms with Crippen molar-refractivity contribution in [3.05, 3.63) is 41.9 Å². The summed E-state index contributed by atoms with van der Waals surface area (Å²) in [5, 5.41) is 17.0. The molecule has 0 saturated carbocycles. The van der Waals surface area contributed by atoms with Crippen molar-refractivity contribution in [2.24, 2.45) is 0 Å². The molecule has 0 aliphatic heterocycles. The quantitative estimate of drug-likeness (QED) is 0.509. The summed E-state index contributed by atoms with van der Waals surface area (Å²) in [6, 6.07) is 7.23. The van der Waals surface area contributed by atoms with Crippen molar-refractivity contribution in [3.63, 3.8) is 0 Å². The molecule has 0 spiro atoms. The second-order valence-corrected chi connectivity index (χ2v) is 2.16. The number of nitrogens with zero attached hydrogens (tertiary/aromatic N) is 1. The number of aliphatic hydroxyl groups excluding tert-OH is 1. The van der Waals surface area contributed by atoms with Gasteiger partial charge in [-0.05, 0) is 17.7 Å². The normalized spacial score (nSPS) is 10.8. The van der Waals surface area contributed by atoms with Crippen molar-refractivity contribution in [1.82, 2.24) is 0 Å². The maximum atomic E-state index is 12.6. The topological polar surface area (TPSA) is 44.0 Å². The molecule has 1 N–H and O–H groups in total. The summed E-state index contributed by atoms with van der Waals surface area (Å²) in [7, 11) is 0. The number of hydrogen-bond acceptors (Lipinski definition) is 2. The molecule has 0 atom stereocenters. The van der Waals surface area contributed by atoms with E-state index in [0.717, 1.165) is 0 Å². The van der Waals surface area contributed by atoms with Gasteiger partial charge in [0.15, 0.2) is 0 Å². The van der Waals surface area contributed by atoms with E-state index in [1.165, 1.54) is 18.2 Å². The standard InChI is InChI=1S/C9H6FNO/c10-9-3-1-2-7(4-9)8(5-11)6-12/h1-4,6,12H. The van der Waals surface area contributed by atoms with Gasteiger partial charge in [0.05, 0.1) is 11.8 Å². The van der Waals surface area contributed by atoms with Gasteiger partial charge in [-0.25, -0.2) is 4.39 Å². The van der Waals surface area contributed by atoms with Gasteiger partial charge in [-0.1, -0.05) is 12.1 Å². The first kappa shape index (κ1) is 8.28. The summed E-state index contributed by atoms with van der Waals surface area (Å²) >= 11 is 0. The minimum absolute atomic E-state index is 0.0505. The van der Waals surface area contributed by atoms with Crippen LogP contribution in [0.3, 0.4) is 0 Å². The lowest BCUT2D eigenvalue weighted by molar-refractivity contribution is 0.476. The van der Waals surface area contributed by atoms with Gasteiger partial charge in [-0.3, -0.25) is 0 Å². The highest BCUT2D eigenvalue weighted by molar-refractivity contribution is 5.75. The second kappa shape index (κ2) is 3.54. The minimum atomic E-state index is -0.429. The van der Waals surface area contributed by atoms with Crippen LogP contribution in [-0.4, -0.2) is 5.11 Å². The zero-order valence-corrected chi connectivity index (χ0v) is 6.16. The van der Waals surface area contributed by atoms with Crippen LogP contribution in [0.4, 0.5) is 4.39 Å². The monoisotopic (exact) mass is 163 g/mol. The Bertz CT molecular complexity index is 352. The number of benzene rings is 1. The molecule has 0 heterocycles. The summed E-state index contributed by atoms with van der Waals surface area (Å²) in [6.07, 6.45) is 0.661. The molecule has 0 aromatic heterocycles. The summed E-state index contributed by atoms with van der Waals surface area (Å²) in [5.41, 5.74) is 0.425. The van der Waals surface area contributed by atoms with Crippen LogP contribution in [0, 0.1) is 17.1 Å². The Hall–Kier alpha value is -1.82. The molecular formula is C9H6FNO. The Morgan fingerprint density at radius 1 is 1.58 bits per heavy atom. The Balaban J connectivity index is 3.13. The van der Waals surface area contributed by atoms with E-state index in [-0.39, 0.29) is 5.57 Å². The van der Waals surface area contributed by atoms with Gasteiger partial charge in [0.25, 0.3) is 0 Å². The highest BCUT2D eigenvalue weighted by Crippen LogP contribution is 2.13. The van der Waals surface area contributed by atoms with Gasteiger partial charge >= 0.3 is 0 Å². The summed E-state index contributed by atoms with van der Waals surface area (Å²) in [5.74, 6) is -0.429. The number of hydrogen-bond donors (Lipinski definition) is 1. The van der Waals surface area contributed by atoms with E-state index in [2.05, 4.69) is 0 Å². The average molecular weight is 163 g/mol. The van der Waals surface area contributed by atoms with E-state index < -0.39 is 5.82 Å². The van der Waals surface area contributed by atoms with Gasteiger partial charge in [0, 0.05) is 0 Å². The van der Waals surface area contributed by atoms with Crippen LogP contribution in [0.25, 0.3) is 5.57 Å². The summed E-state index contributed by atoms with van der Waals surface area (Å²) in [4.78, 5) is 0. The fourth-order valence-corrected chi connectivity index (χ4v) is 0.824. The molecule has 1 rings (SSSR count). The third-order valence-electron chi connectivity index (χ3n) is 1.39. The van der Waals surface area contributed by atoms with Gasteiger partial charge in [-0.2, -0.15) is 5.26 Å². The van der Waals surface area contributed by atoms with Gasteiger partial charge < -0.3 is 5.11 Å². The molecule has 60 valence electrons. The number of allylic oxidation sites excluding steroid dienone is 1. The van der Waals surface area contributed by atoms with E-state index in [9.17, 15) is 4.39 Å². The predicted octanol–water partition coefficient (Wildman–Crippen LogP) is 2.25. The fraction of sp³-hybridized carbons (Fsp3) is 0. The van der Waals surface area contributed by atoms with Crippen molar-refractivity contribution < 1.29 is 9.50 Å². The number of nitriles is 1. The number of halogens is 1. The largest absolute Gasteiger partial charge is 0.514 e. The fourth-order valence-electron chi connectivity index (χ4n) is 0.824. The third kappa shape index (κ3) is 1.61. The van der Waals surface area contributed by atoms with Crippen molar-refractivity contribution in [2.45, 2.75) is 0 Å². The minimum Gasteiger partial charge on any atom is -0.514 e. The Morgan fingerprint density at radius 2 is 2.33 bits per heavy atom.